The topological polar surface area (TPSA) is 35.8 Å². The molecule has 1 aliphatic carbocycles. The van der Waals surface area contributed by atoms with Gasteiger partial charge in [-0.05, 0) is 42.2 Å². The molecule has 0 spiro atoms. The van der Waals surface area contributed by atoms with Crippen LogP contribution in [-0.4, -0.2) is 6.04 Å². The summed E-state index contributed by atoms with van der Waals surface area (Å²) in [6.45, 7) is 2.26. The zero-order valence-electron chi connectivity index (χ0n) is 14.4. The Bertz CT molecular complexity index is 625. The highest BCUT2D eigenvalue weighted by molar-refractivity contribution is 5.31. The minimum atomic E-state index is 0.210. The van der Waals surface area contributed by atoms with E-state index in [2.05, 4.69) is 79.0 Å². The van der Waals surface area contributed by atoms with Gasteiger partial charge in [-0.2, -0.15) is 5.26 Å². The second-order valence-electron chi connectivity index (χ2n) is 7.34. The lowest BCUT2D eigenvalue weighted by Crippen LogP contribution is -2.39. The summed E-state index contributed by atoms with van der Waals surface area (Å²) >= 11 is 0. The van der Waals surface area contributed by atoms with E-state index < -0.39 is 0 Å². The molecule has 124 valence electrons. The summed E-state index contributed by atoms with van der Waals surface area (Å²) in [5.41, 5.74) is 2.84. The third kappa shape index (κ3) is 4.04. The normalized spacial score (nSPS) is 23.8. The maximum atomic E-state index is 9.03. The average molecular weight is 318 g/mol. The molecule has 1 fully saturated rings. The molecule has 3 rings (SSSR count). The van der Waals surface area contributed by atoms with Crippen LogP contribution in [0.4, 0.5) is 0 Å². The lowest BCUT2D eigenvalue weighted by Gasteiger charge is -2.38. The second-order valence-corrected chi connectivity index (χ2v) is 7.34. The molecule has 24 heavy (non-hydrogen) atoms. The summed E-state index contributed by atoms with van der Waals surface area (Å²) in [6.07, 6.45) is 5.24. The monoisotopic (exact) mass is 318 g/mol. The van der Waals surface area contributed by atoms with E-state index in [0.29, 0.717) is 12.5 Å². The summed E-state index contributed by atoms with van der Waals surface area (Å²) in [7, 11) is 0. The molecule has 2 nitrogen and oxygen atoms in total. The van der Waals surface area contributed by atoms with Crippen molar-refractivity contribution in [3.63, 3.8) is 0 Å². The van der Waals surface area contributed by atoms with Crippen molar-refractivity contribution in [3.8, 4) is 6.07 Å². The minimum absolute atomic E-state index is 0.210. The maximum absolute atomic E-state index is 9.03. The summed E-state index contributed by atoms with van der Waals surface area (Å²) in [5.74, 6) is 0. The van der Waals surface area contributed by atoms with Gasteiger partial charge in [0.25, 0.3) is 0 Å². The van der Waals surface area contributed by atoms with Gasteiger partial charge in [0.1, 0.15) is 0 Å². The third-order valence-corrected chi connectivity index (χ3v) is 5.37. The van der Waals surface area contributed by atoms with E-state index in [9.17, 15) is 0 Å². The molecule has 0 amide bonds. The van der Waals surface area contributed by atoms with Gasteiger partial charge in [-0.3, -0.25) is 0 Å². The van der Waals surface area contributed by atoms with E-state index in [1.165, 1.54) is 11.1 Å². The molecule has 2 aromatic carbocycles. The lowest BCUT2D eigenvalue weighted by molar-refractivity contribution is 0.184. The molecule has 2 heteroatoms. The third-order valence-electron chi connectivity index (χ3n) is 5.37. The lowest BCUT2D eigenvalue weighted by atomic mass is 9.72. The molecule has 1 aliphatic rings. The summed E-state index contributed by atoms with van der Waals surface area (Å²) < 4.78 is 0. The van der Waals surface area contributed by atoms with Crippen LogP contribution in [0.15, 0.2) is 60.7 Å². The Morgan fingerprint density at radius 2 is 1.50 bits per heavy atom. The van der Waals surface area contributed by atoms with E-state index >= 15 is 0 Å². The van der Waals surface area contributed by atoms with Crippen molar-refractivity contribution in [2.45, 2.75) is 51.1 Å². The Labute approximate surface area is 145 Å². The van der Waals surface area contributed by atoms with Gasteiger partial charge in [0.15, 0.2) is 0 Å². The quantitative estimate of drug-likeness (QED) is 0.819. The zero-order valence-corrected chi connectivity index (χ0v) is 14.4. The zero-order chi connectivity index (χ0) is 16.8. The van der Waals surface area contributed by atoms with Crippen LogP contribution in [-0.2, 0) is 0 Å². The Morgan fingerprint density at radius 3 is 1.96 bits per heavy atom. The fourth-order valence-electron chi connectivity index (χ4n) is 3.76. The average Bonchev–Trinajstić information content (AvgIpc) is 2.63. The Hall–Kier alpha value is -2.11. The van der Waals surface area contributed by atoms with Gasteiger partial charge < -0.3 is 5.32 Å². The van der Waals surface area contributed by atoms with Crippen molar-refractivity contribution in [2.75, 3.05) is 0 Å². The first-order valence-corrected chi connectivity index (χ1v) is 8.93. The smallest absolute Gasteiger partial charge is 0.0627 e. The summed E-state index contributed by atoms with van der Waals surface area (Å²) in [4.78, 5) is 0. The highest BCUT2D eigenvalue weighted by atomic mass is 15.0. The van der Waals surface area contributed by atoms with E-state index in [1.807, 2.05) is 0 Å². The molecule has 1 saturated carbocycles. The van der Waals surface area contributed by atoms with Crippen molar-refractivity contribution in [1.29, 1.82) is 5.26 Å². The predicted molar refractivity (Wildman–Crippen MR) is 98.5 cm³/mol. The number of rotatable bonds is 5. The van der Waals surface area contributed by atoms with Crippen LogP contribution >= 0.6 is 0 Å². The Balaban J connectivity index is 1.73. The van der Waals surface area contributed by atoms with Crippen LogP contribution < -0.4 is 5.32 Å². The number of nitriles is 1. The van der Waals surface area contributed by atoms with Gasteiger partial charge in [-0.25, -0.2) is 0 Å². The Morgan fingerprint density at radius 1 is 1.00 bits per heavy atom. The highest BCUT2D eigenvalue weighted by Gasteiger charge is 2.32. The number of hydrogen-bond acceptors (Lipinski definition) is 2. The van der Waals surface area contributed by atoms with Crippen LogP contribution in [0.1, 0.15) is 56.2 Å². The van der Waals surface area contributed by atoms with Gasteiger partial charge in [-0.1, -0.05) is 67.6 Å². The SMILES string of the molecule is C[C@]1(CC#N)CC[C@@H](NC(c2ccccc2)c2ccccc2)CC1. The summed E-state index contributed by atoms with van der Waals surface area (Å²) in [6, 6.07) is 24.5. The molecule has 0 aliphatic heterocycles. The molecule has 1 N–H and O–H groups in total. The van der Waals surface area contributed by atoms with Crippen molar-refractivity contribution in [3.05, 3.63) is 71.8 Å². The van der Waals surface area contributed by atoms with Crippen molar-refractivity contribution in [1.82, 2.24) is 5.32 Å². The number of nitrogens with one attached hydrogen (secondary N) is 1. The number of nitrogens with zero attached hydrogens (tertiary/aromatic N) is 1. The predicted octanol–water partition coefficient (Wildman–Crippen LogP) is 5.23. The fraction of sp³-hybridized carbons (Fsp3) is 0.409. The van der Waals surface area contributed by atoms with E-state index in [0.717, 1.165) is 25.7 Å². The Kier molecular flexibility index (Phi) is 5.33. The van der Waals surface area contributed by atoms with Crippen LogP contribution in [0.5, 0.6) is 0 Å². The molecular weight excluding hydrogens is 292 g/mol. The first-order valence-electron chi connectivity index (χ1n) is 8.93. The standard InChI is InChI=1S/C22H26N2/c1-22(16-17-23)14-12-20(13-15-22)24-21(18-8-4-2-5-9-18)19-10-6-3-7-11-19/h2-11,20-21,24H,12-16H2,1H3/t20-,22+. The molecule has 0 saturated heterocycles. The van der Waals surface area contributed by atoms with Crippen LogP contribution in [0, 0.1) is 16.7 Å². The summed E-state index contributed by atoms with van der Waals surface area (Å²) in [5, 5.41) is 12.9. The first kappa shape index (κ1) is 16.7. The van der Waals surface area contributed by atoms with Crippen molar-refractivity contribution in [2.24, 2.45) is 5.41 Å². The van der Waals surface area contributed by atoms with Gasteiger partial charge >= 0.3 is 0 Å². The molecule has 0 aromatic heterocycles. The number of benzene rings is 2. The van der Waals surface area contributed by atoms with E-state index in [4.69, 9.17) is 5.26 Å². The van der Waals surface area contributed by atoms with Crippen molar-refractivity contribution >= 4 is 0 Å². The number of hydrogen-bond donors (Lipinski definition) is 1. The van der Waals surface area contributed by atoms with Gasteiger partial charge in [0.2, 0.25) is 0 Å². The second kappa shape index (κ2) is 7.64. The molecule has 0 radical (unpaired) electrons. The molecule has 2 aromatic rings. The molecular formula is C22H26N2. The van der Waals surface area contributed by atoms with E-state index in [1.54, 1.807) is 0 Å². The minimum Gasteiger partial charge on any atom is -0.303 e. The highest BCUT2D eigenvalue weighted by Crippen LogP contribution is 2.39. The van der Waals surface area contributed by atoms with Crippen LogP contribution in [0.25, 0.3) is 0 Å². The first-order chi connectivity index (χ1) is 11.7. The molecule has 0 bridgehead atoms. The van der Waals surface area contributed by atoms with Gasteiger partial charge in [0, 0.05) is 12.5 Å². The van der Waals surface area contributed by atoms with E-state index in [-0.39, 0.29) is 11.5 Å². The van der Waals surface area contributed by atoms with Crippen LogP contribution in [0.2, 0.25) is 0 Å². The van der Waals surface area contributed by atoms with Crippen LogP contribution in [0.3, 0.4) is 0 Å². The van der Waals surface area contributed by atoms with Gasteiger partial charge in [-0.15, -0.1) is 0 Å². The largest absolute Gasteiger partial charge is 0.303 e. The van der Waals surface area contributed by atoms with Gasteiger partial charge in [0.05, 0.1) is 12.1 Å². The maximum Gasteiger partial charge on any atom is 0.0627 e. The molecule has 0 unspecified atom stereocenters. The van der Waals surface area contributed by atoms with Crippen molar-refractivity contribution < 1.29 is 0 Å². The fourth-order valence-corrected chi connectivity index (χ4v) is 3.76. The molecule has 0 heterocycles. The molecule has 0 atom stereocenters.